The zero-order valence-corrected chi connectivity index (χ0v) is 13.7. The lowest BCUT2D eigenvalue weighted by molar-refractivity contribution is 0.364. The van der Waals surface area contributed by atoms with Gasteiger partial charge in [-0.1, -0.05) is 20.8 Å². The summed E-state index contributed by atoms with van der Waals surface area (Å²) in [6.45, 7) is 6.97. The van der Waals surface area contributed by atoms with E-state index in [0.717, 1.165) is 6.42 Å². The maximum absolute atomic E-state index is 13.7. The van der Waals surface area contributed by atoms with Crippen LogP contribution in [0.25, 0.3) is 0 Å². The van der Waals surface area contributed by atoms with Gasteiger partial charge in [-0.3, -0.25) is 0 Å². The first-order chi connectivity index (χ1) is 8.70. The van der Waals surface area contributed by atoms with Crippen molar-refractivity contribution in [2.24, 2.45) is 5.41 Å². The lowest BCUT2D eigenvalue weighted by Crippen LogP contribution is -2.27. The Kier molecular flexibility index (Phi) is 6.21. The van der Waals surface area contributed by atoms with Gasteiger partial charge in [-0.25, -0.2) is 8.78 Å². The van der Waals surface area contributed by atoms with Crippen molar-refractivity contribution in [1.82, 2.24) is 5.32 Å². The lowest BCUT2D eigenvalue weighted by atomic mass is 9.90. The van der Waals surface area contributed by atoms with Crippen molar-refractivity contribution >= 4 is 27.5 Å². The Balaban J connectivity index is 2.52. The Bertz CT molecular complexity index is 432. The molecule has 0 bridgehead atoms. The van der Waals surface area contributed by atoms with Gasteiger partial charge in [0.1, 0.15) is 11.6 Å². The molecule has 1 atom stereocenters. The molecule has 1 rings (SSSR count). The number of halogens is 4. The van der Waals surface area contributed by atoms with Crippen molar-refractivity contribution in [3.63, 3.8) is 0 Å². The first-order valence-corrected chi connectivity index (χ1v) is 7.41. The van der Waals surface area contributed by atoms with Crippen LogP contribution in [0.3, 0.4) is 0 Å². The summed E-state index contributed by atoms with van der Waals surface area (Å²) in [5.41, 5.74) is 0.175. The molecule has 0 fully saturated rings. The van der Waals surface area contributed by atoms with Gasteiger partial charge in [-0.2, -0.15) is 0 Å². The van der Waals surface area contributed by atoms with E-state index in [-0.39, 0.29) is 27.4 Å². The van der Waals surface area contributed by atoms with Gasteiger partial charge in [-0.15, -0.1) is 11.6 Å². The lowest BCUT2D eigenvalue weighted by Gasteiger charge is -2.22. The fourth-order valence-electron chi connectivity index (χ4n) is 1.82. The van der Waals surface area contributed by atoms with E-state index in [1.807, 2.05) is 0 Å². The Morgan fingerprint density at radius 1 is 1.32 bits per heavy atom. The summed E-state index contributed by atoms with van der Waals surface area (Å²) in [5, 5.41) is 2.94. The molecule has 108 valence electrons. The zero-order chi connectivity index (χ0) is 14.6. The van der Waals surface area contributed by atoms with E-state index in [4.69, 9.17) is 11.6 Å². The smallest absolute Gasteiger partial charge is 0.144 e. The van der Waals surface area contributed by atoms with E-state index in [1.165, 1.54) is 12.1 Å². The topological polar surface area (TPSA) is 12.0 Å². The number of benzene rings is 1. The highest BCUT2D eigenvalue weighted by molar-refractivity contribution is 9.10. The van der Waals surface area contributed by atoms with Crippen molar-refractivity contribution in [3.05, 3.63) is 33.8 Å². The van der Waals surface area contributed by atoms with E-state index < -0.39 is 11.6 Å². The average Bonchev–Trinajstić information content (AvgIpc) is 2.26. The van der Waals surface area contributed by atoms with Crippen molar-refractivity contribution < 1.29 is 8.78 Å². The van der Waals surface area contributed by atoms with Gasteiger partial charge in [0.05, 0.1) is 4.47 Å². The molecule has 19 heavy (non-hydrogen) atoms. The number of hydrogen-bond acceptors (Lipinski definition) is 1. The van der Waals surface area contributed by atoms with Crippen molar-refractivity contribution in [1.29, 1.82) is 0 Å². The molecular formula is C14H19BrClF2N. The molecule has 5 heteroatoms. The largest absolute Gasteiger partial charge is 0.311 e. The fraction of sp³-hybridized carbons (Fsp3) is 0.571. The van der Waals surface area contributed by atoms with Crippen LogP contribution in [0.5, 0.6) is 0 Å². The molecule has 1 unspecified atom stereocenters. The first kappa shape index (κ1) is 16.9. The fourth-order valence-corrected chi connectivity index (χ4v) is 2.77. The second-order valence-corrected chi connectivity index (χ2v) is 7.29. The predicted octanol–water partition coefficient (Wildman–Crippen LogP) is 4.86. The molecule has 0 aromatic heterocycles. The zero-order valence-electron chi connectivity index (χ0n) is 11.4. The number of alkyl halides is 1. The molecule has 0 saturated heterocycles. The molecule has 0 aliphatic heterocycles. The monoisotopic (exact) mass is 353 g/mol. The molecule has 0 spiro atoms. The molecule has 0 saturated carbocycles. The van der Waals surface area contributed by atoms with Crippen LogP contribution in [0.2, 0.25) is 0 Å². The van der Waals surface area contributed by atoms with Gasteiger partial charge in [-0.05, 0) is 39.9 Å². The van der Waals surface area contributed by atoms with Crippen molar-refractivity contribution in [3.8, 4) is 0 Å². The maximum atomic E-state index is 13.7. The Labute approximate surface area is 126 Å². The normalized spacial score (nSPS) is 13.6. The van der Waals surface area contributed by atoms with Crippen LogP contribution in [0.4, 0.5) is 8.78 Å². The highest BCUT2D eigenvalue weighted by Crippen LogP contribution is 2.24. The van der Waals surface area contributed by atoms with Crippen LogP contribution in [-0.4, -0.2) is 11.9 Å². The number of rotatable bonds is 5. The highest BCUT2D eigenvalue weighted by Gasteiger charge is 2.17. The van der Waals surface area contributed by atoms with Gasteiger partial charge in [0.25, 0.3) is 0 Å². The van der Waals surface area contributed by atoms with Gasteiger partial charge in [0, 0.05) is 24.0 Å². The van der Waals surface area contributed by atoms with E-state index >= 15 is 0 Å². The van der Waals surface area contributed by atoms with E-state index in [1.54, 1.807) is 0 Å². The third-order valence-electron chi connectivity index (χ3n) is 2.64. The number of hydrogen-bond donors (Lipinski definition) is 1. The molecule has 0 aliphatic carbocycles. The molecule has 1 nitrogen and oxygen atoms in total. The Hall–Kier alpha value is -0.190. The van der Waals surface area contributed by atoms with Crippen LogP contribution < -0.4 is 5.32 Å². The van der Waals surface area contributed by atoms with E-state index in [9.17, 15) is 8.78 Å². The summed E-state index contributed by atoms with van der Waals surface area (Å²) in [7, 11) is 0. The highest BCUT2D eigenvalue weighted by atomic mass is 79.9. The summed E-state index contributed by atoms with van der Waals surface area (Å²) >= 11 is 9.23. The molecular weight excluding hydrogens is 336 g/mol. The van der Waals surface area contributed by atoms with Gasteiger partial charge >= 0.3 is 0 Å². The Morgan fingerprint density at radius 2 is 1.95 bits per heavy atom. The summed E-state index contributed by atoms with van der Waals surface area (Å²) in [5.74, 6) is -1.11. The van der Waals surface area contributed by atoms with Crippen molar-refractivity contribution in [2.75, 3.05) is 6.54 Å². The summed E-state index contributed by atoms with van der Waals surface area (Å²) < 4.78 is 27.5. The third kappa shape index (κ3) is 5.76. The van der Waals surface area contributed by atoms with Crippen LogP contribution in [-0.2, 0) is 6.54 Å². The van der Waals surface area contributed by atoms with Crippen LogP contribution >= 0.6 is 27.5 Å². The average molecular weight is 355 g/mol. The van der Waals surface area contributed by atoms with Crippen molar-refractivity contribution in [2.45, 2.75) is 39.1 Å². The molecule has 1 N–H and O–H groups in total. The van der Waals surface area contributed by atoms with Gasteiger partial charge < -0.3 is 5.32 Å². The first-order valence-electron chi connectivity index (χ1n) is 6.18. The maximum Gasteiger partial charge on any atom is 0.144 e. The van der Waals surface area contributed by atoms with Crippen LogP contribution in [0.15, 0.2) is 16.6 Å². The third-order valence-corrected chi connectivity index (χ3v) is 3.56. The minimum atomic E-state index is -0.561. The minimum absolute atomic E-state index is 0.0361. The molecule has 0 radical (unpaired) electrons. The summed E-state index contributed by atoms with van der Waals surface area (Å²) in [6.07, 6.45) is 0.838. The quantitative estimate of drug-likeness (QED) is 0.588. The van der Waals surface area contributed by atoms with Gasteiger partial charge in [0.15, 0.2) is 0 Å². The summed E-state index contributed by atoms with van der Waals surface area (Å²) in [4.78, 5) is 0. The summed E-state index contributed by atoms with van der Waals surface area (Å²) in [6, 6.07) is 2.61. The molecule has 0 aliphatic rings. The molecule has 0 heterocycles. The molecule has 0 amide bonds. The Morgan fingerprint density at radius 3 is 2.53 bits per heavy atom. The predicted molar refractivity (Wildman–Crippen MR) is 79.5 cm³/mol. The van der Waals surface area contributed by atoms with Gasteiger partial charge in [0.2, 0.25) is 0 Å². The SMILES string of the molecule is CC(C)(C)CC(Cl)CNCc1c(F)ccc(Br)c1F. The minimum Gasteiger partial charge on any atom is -0.311 e. The standard InChI is InChI=1S/C14H19BrClF2N/c1-14(2,3)6-9(16)7-19-8-10-12(17)5-4-11(15)13(10)18/h4-5,9,19H,6-8H2,1-3H3. The molecule has 1 aromatic rings. The molecule has 1 aromatic carbocycles. The second kappa shape index (κ2) is 7.00. The second-order valence-electron chi connectivity index (χ2n) is 5.81. The van der Waals surface area contributed by atoms with E-state index in [2.05, 4.69) is 42.0 Å². The number of nitrogens with one attached hydrogen (secondary N) is 1. The van der Waals surface area contributed by atoms with E-state index in [0.29, 0.717) is 6.54 Å². The van der Waals surface area contributed by atoms with Crippen LogP contribution in [0, 0.1) is 17.0 Å². The van der Waals surface area contributed by atoms with Crippen LogP contribution in [0.1, 0.15) is 32.8 Å².